The quantitative estimate of drug-likeness (QED) is 0.603. The summed E-state index contributed by atoms with van der Waals surface area (Å²) in [4.78, 5) is 31.4. The normalized spacial score (nSPS) is 17.1. The van der Waals surface area contributed by atoms with Gasteiger partial charge < -0.3 is 9.47 Å². The Morgan fingerprint density at radius 2 is 2.00 bits per heavy atom. The van der Waals surface area contributed by atoms with Crippen molar-refractivity contribution >= 4 is 32.5 Å². The Hall–Kier alpha value is -2.68. The zero-order chi connectivity index (χ0) is 21.5. The smallest absolute Gasteiger partial charge is 0.338 e. The standard InChI is InChI=1S/C21H20F3N3O2S/c1-26-17(21(22,23)24)12-16-18(19(26)29)25-20(30-16)27-11-5-8-14(27)15(28)10-9-13-6-3-2-4-7-13/h2-4,6-7,12,14H,5,8-11H2,1H3/t14-/m1/s1. The Morgan fingerprint density at radius 3 is 2.70 bits per heavy atom. The lowest BCUT2D eigenvalue weighted by atomic mass is 10.0. The summed E-state index contributed by atoms with van der Waals surface area (Å²) in [6, 6.07) is 10.3. The molecule has 0 radical (unpaired) electrons. The van der Waals surface area contributed by atoms with Gasteiger partial charge in [-0.05, 0) is 30.9 Å². The summed E-state index contributed by atoms with van der Waals surface area (Å²) in [5.41, 5.74) is -0.702. The lowest BCUT2D eigenvalue weighted by molar-refractivity contribution is -0.143. The zero-order valence-corrected chi connectivity index (χ0v) is 17.1. The Kier molecular flexibility index (Phi) is 5.40. The second-order valence-electron chi connectivity index (χ2n) is 7.40. The first-order valence-corrected chi connectivity index (χ1v) is 10.5. The predicted octanol–water partition coefficient (Wildman–Crippen LogP) is 4.18. The molecule has 0 aliphatic carbocycles. The van der Waals surface area contributed by atoms with Crippen LogP contribution in [0.4, 0.5) is 18.3 Å². The van der Waals surface area contributed by atoms with Crippen molar-refractivity contribution < 1.29 is 18.0 Å². The number of thiazole rings is 1. The van der Waals surface area contributed by atoms with E-state index in [0.29, 0.717) is 35.5 Å². The molecule has 3 aromatic rings. The number of hydrogen-bond donors (Lipinski definition) is 0. The highest BCUT2D eigenvalue weighted by atomic mass is 32.1. The molecule has 9 heteroatoms. The molecule has 2 aromatic heterocycles. The van der Waals surface area contributed by atoms with E-state index < -0.39 is 17.4 Å². The zero-order valence-electron chi connectivity index (χ0n) is 16.3. The molecular formula is C21H20F3N3O2S. The molecule has 1 aliphatic rings. The van der Waals surface area contributed by atoms with Crippen molar-refractivity contribution in [2.24, 2.45) is 7.05 Å². The first kappa shape index (κ1) is 20.6. The minimum Gasteiger partial charge on any atom is -0.338 e. The summed E-state index contributed by atoms with van der Waals surface area (Å²) < 4.78 is 40.4. The SMILES string of the molecule is Cn1c(C(F)(F)F)cc2sc(N3CCC[C@@H]3C(=O)CCc3ccccc3)nc2c1=O. The number of aromatic nitrogens is 2. The molecule has 0 N–H and O–H groups in total. The van der Waals surface area contributed by atoms with Crippen molar-refractivity contribution in [2.45, 2.75) is 37.9 Å². The molecule has 0 saturated carbocycles. The minimum atomic E-state index is -4.63. The van der Waals surface area contributed by atoms with Crippen LogP contribution < -0.4 is 10.5 Å². The number of aryl methyl sites for hydroxylation is 1. The molecule has 1 saturated heterocycles. The van der Waals surface area contributed by atoms with E-state index in [1.54, 1.807) is 0 Å². The monoisotopic (exact) mass is 435 g/mol. The van der Waals surface area contributed by atoms with Crippen LogP contribution in [-0.4, -0.2) is 27.9 Å². The fourth-order valence-electron chi connectivity index (χ4n) is 3.86. The van der Waals surface area contributed by atoms with Crippen molar-refractivity contribution in [3.63, 3.8) is 0 Å². The van der Waals surface area contributed by atoms with Gasteiger partial charge in [0.25, 0.3) is 5.56 Å². The van der Waals surface area contributed by atoms with Crippen molar-refractivity contribution in [2.75, 3.05) is 11.4 Å². The van der Waals surface area contributed by atoms with Crippen LogP contribution in [0, 0.1) is 0 Å². The number of anilines is 1. The van der Waals surface area contributed by atoms with Crippen LogP contribution in [0.15, 0.2) is 41.2 Å². The predicted molar refractivity (Wildman–Crippen MR) is 110 cm³/mol. The van der Waals surface area contributed by atoms with E-state index in [0.717, 1.165) is 36.4 Å². The number of halogens is 3. The fraction of sp³-hybridized carbons (Fsp3) is 0.381. The third-order valence-corrected chi connectivity index (χ3v) is 6.48. The van der Waals surface area contributed by atoms with Gasteiger partial charge in [-0.25, -0.2) is 4.98 Å². The van der Waals surface area contributed by atoms with Gasteiger partial charge in [-0.1, -0.05) is 41.7 Å². The van der Waals surface area contributed by atoms with Gasteiger partial charge in [0.1, 0.15) is 11.2 Å². The van der Waals surface area contributed by atoms with Gasteiger partial charge in [0.15, 0.2) is 10.9 Å². The van der Waals surface area contributed by atoms with Crippen LogP contribution in [0.25, 0.3) is 10.2 Å². The Labute approximate surface area is 174 Å². The number of rotatable bonds is 5. The number of nitrogens with zero attached hydrogens (tertiary/aromatic N) is 3. The fourth-order valence-corrected chi connectivity index (χ4v) is 4.93. The van der Waals surface area contributed by atoms with Gasteiger partial charge in [0, 0.05) is 20.0 Å². The average Bonchev–Trinajstić information content (AvgIpc) is 3.35. The number of Topliss-reactive ketones (excluding diaryl/α,β-unsaturated/α-hetero) is 1. The lowest BCUT2D eigenvalue weighted by Crippen LogP contribution is -2.36. The molecule has 1 atom stereocenters. The van der Waals surface area contributed by atoms with Crippen LogP contribution in [0.3, 0.4) is 0 Å². The Morgan fingerprint density at radius 1 is 1.27 bits per heavy atom. The van der Waals surface area contributed by atoms with Crippen LogP contribution in [0.5, 0.6) is 0 Å². The van der Waals surface area contributed by atoms with E-state index >= 15 is 0 Å². The van der Waals surface area contributed by atoms with E-state index in [2.05, 4.69) is 4.98 Å². The van der Waals surface area contributed by atoms with Gasteiger partial charge in [0.2, 0.25) is 0 Å². The number of pyridine rings is 1. The molecule has 1 fully saturated rings. The van der Waals surface area contributed by atoms with Gasteiger partial charge in [0.05, 0.1) is 10.7 Å². The Bertz CT molecular complexity index is 1140. The van der Waals surface area contributed by atoms with E-state index in [1.807, 2.05) is 35.2 Å². The molecule has 1 aromatic carbocycles. The topological polar surface area (TPSA) is 55.2 Å². The molecule has 30 heavy (non-hydrogen) atoms. The van der Waals surface area contributed by atoms with Crippen molar-refractivity contribution in [3.8, 4) is 0 Å². The van der Waals surface area contributed by atoms with Gasteiger partial charge in [-0.15, -0.1) is 0 Å². The van der Waals surface area contributed by atoms with Gasteiger partial charge in [-0.3, -0.25) is 9.59 Å². The maximum absolute atomic E-state index is 13.2. The summed E-state index contributed by atoms with van der Waals surface area (Å²) in [7, 11) is 1.09. The van der Waals surface area contributed by atoms with E-state index in [9.17, 15) is 22.8 Å². The first-order valence-electron chi connectivity index (χ1n) is 9.67. The summed E-state index contributed by atoms with van der Waals surface area (Å²) >= 11 is 1.03. The molecule has 0 bridgehead atoms. The van der Waals surface area contributed by atoms with E-state index in [1.165, 1.54) is 0 Å². The Balaban J connectivity index is 1.60. The third kappa shape index (κ3) is 3.86. The average molecular weight is 435 g/mol. The van der Waals surface area contributed by atoms with E-state index in [4.69, 9.17) is 0 Å². The summed E-state index contributed by atoms with van der Waals surface area (Å²) in [6.07, 6.45) is -2.13. The van der Waals surface area contributed by atoms with Crippen LogP contribution in [0.1, 0.15) is 30.5 Å². The maximum atomic E-state index is 13.2. The summed E-state index contributed by atoms with van der Waals surface area (Å²) in [5.74, 6) is 0.0829. The maximum Gasteiger partial charge on any atom is 0.431 e. The molecule has 158 valence electrons. The highest BCUT2D eigenvalue weighted by Crippen LogP contribution is 2.36. The molecule has 5 nitrogen and oxygen atoms in total. The second kappa shape index (κ2) is 7.86. The molecule has 0 unspecified atom stereocenters. The number of ketones is 1. The highest BCUT2D eigenvalue weighted by molar-refractivity contribution is 7.22. The lowest BCUT2D eigenvalue weighted by Gasteiger charge is -2.22. The van der Waals surface area contributed by atoms with Crippen molar-refractivity contribution in [1.29, 1.82) is 0 Å². The summed E-state index contributed by atoms with van der Waals surface area (Å²) in [6.45, 7) is 0.591. The molecule has 4 rings (SSSR count). The van der Waals surface area contributed by atoms with Crippen molar-refractivity contribution in [1.82, 2.24) is 9.55 Å². The summed E-state index contributed by atoms with van der Waals surface area (Å²) in [5, 5.41) is 0.428. The molecule has 0 spiro atoms. The molecular weight excluding hydrogens is 415 g/mol. The highest BCUT2D eigenvalue weighted by Gasteiger charge is 2.36. The number of carbonyl (C=O) groups is 1. The van der Waals surface area contributed by atoms with E-state index in [-0.39, 0.29) is 22.0 Å². The number of hydrogen-bond acceptors (Lipinski definition) is 5. The van der Waals surface area contributed by atoms with Crippen LogP contribution >= 0.6 is 11.3 Å². The molecule has 1 aliphatic heterocycles. The number of benzene rings is 1. The largest absolute Gasteiger partial charge is 0.431 e. The minimum absolute atomic E-state index is 0.00730. The van der Waals surface area contributed by atoms with Crippen molar-refractivity contribution in [3.05, 3.63) is 58.0 Å². The second-order valence-corrected chi connectivity index (χ2v) is 8.41. The van der Waals surface area contributed by atoms with Gasteiger partial charge in [-0.2, -0.15) is 13.2 Å². The number of fused-ring (bicyclic) bond motifs is 1. The first-order chi connectivity index (χ1) is 14.3. The van der Waals surface area contributed by atoms with Gasteiger partial charge >= 0.3 is 6.18 Å². The number of alkyl halides is 3. The van der Waals surface area contributed by atoms with Crippen LogP contribution in [0.2, 0.25) is 0 Å². The molecule has 3 heterocycles. The molecule has 0 amide bonds. The van der Waals surface area contributed by atoms with Crippen LogP contribution in [-0.2, 0) is 24.4 Å². The third-order valence-electron chi connectivity index (χ3n) is 5.44. The number of carbonyl (C=O) groups excluding carboxylic acids is 1.